The summed E-state index contributed by atoms with van der Waals surface area (Å²) in [6.07, 6.45) is 7.46. The van der Waals surface area contributed by atoms with Gasteiger partial charge in [-0.25, -0.2) is 0 Å². The number of amides is 1. The molecule has 4 heteroatoms. The van der Waals surface area contributed by atoms with E-state index in [-0.39, 0.29) is 11.8 Å². The molecule has 1 aromatic carbocycles. The summed E-state index contributed by atoms with van der Waals surface area (Å²) in [7, 11) is 2.18. The van der Waals surface area contributed by atoms with Crippen molar-refractivity contribution in [1.29, 1.82) is 0 Å². The fourth-order valence-electron chi connectivity index (χ4n) is 3.70. The molecule has 3 rings (SSSR count). The molecule has 0 saturated heterocycles. The van der Waals surface area contributed by atoms with Gasteiger partial charge in [-0.15, -0.1) is 0 Å². The number of likely N-dealkylation sites (N-methyl/N-ethyl adjacent to an activating group) is 1. The SMILES string of the molecule is CN(CCNC(=O)C1COc2ccccc2C1)C1CCCCC1. The standard InChI is InChI=1S/C19H28N2O2/c1-21(17-8-3-2-4-9-17)12-11-20-19(22)16-13-15-7-5-6-10-18(15)23-14-16/h5-7,10,16-17H,2-4,8-9,11-14H2,1H3,(H,20,22). The maximum Gasteiger partial charge on any atom is 0.226 e. The minimum atomic E-state index is -0.0649. The van der Waals surface area contributed by atoms with Crippen LogP contribution in [0.4, 0.5) is 0 Å². The number of hydrogen-bond donors (Lipinski definition) is 1. The Kier molecular flexibility index (Phi) is 5.55. The molecule has 1 amide bonds. The highest BCUT2D eigenvalue weighted by molar-refractivity contribution is 5.79. The highest BCUT2D eigenvalue weighted by Gasteiger charge is 2.25. The molecule has 0 bridgehead atoms. The molecule has 1 fully saturated rings. The maximum atomic E-state index is 12.4. The summed E-state index contributed by atoms with van der Waals surface area (Å²) in [6.45, 7) is 2.14. The van der Waals surface area contributed by atoms with E-state index < -0.39 is 0 Å². The summed E-state index contributed by atoms with van der Waals surface area (Å²) in [5.74, 6) is 0.981. The number of rotatable bonds is 5. The van der Waals surface area contributed by atoms with E-state index in [0.717, 1.165) is 30.8 Å². The van der Waals surface area contributed by atoms with Crippen molar-refractivity contribution in [1.82, 2.24) is 10.2 Å². The fourth-order valence-corrected chi connectivity index (χ4v) is 3.70. The van der Waals surface area contributed by atoms with Crippen molar-refractivity contribution in [2.24, 2.45) is 5.92 Å². The van der Waals surface area contributed by atoms with Gasteiger partial charge in [-0.05, 0) is 37.9 Å². The fraction of sp³-hybridized carbons (Fsp3) is 0.632. The summed E-state index contributed by atoms with van der Waals surface area (Å²) in [5.41, 5.74) is 1.14. The van der Waals surface area contributed by atoms with E-state index in [4.69, 9.17) is 4.74 Å². The zero-order valence-corrected chi connectivity index (χ0v) is 14.1. The number of benzene rings is 1. The number of nitrogens with one attached hydrogen (secondary N) is 1. The van der Waals surface area contributed by atoms with E-state index in [2.05, 4.69) is 17.3 Å². The molecule has 2 aliphatic rings. The van der Waals surface area contributed by atoms with Gasteiger partial charge in [0.25, 0.3) is 0 Å². The summed E-state index contributed by atoms with van der Waals surface area (Å²) in [6, 6.07) is 8.70. The van der Waals surface area contributed by atoms with Gasteiger partial charge < -0.3 is 15.0 Å². The summed E-state index contributed by atoms with van der Waals surface area (Å²) >= 11 is 0. The summed E-state index contributed by atoms with van der Waals surface area (Å²) < 4.78 is 5.71. The van der Waals surface area contributed by atoms with E-state index in [1.807, 2.05) is 24.3 Å². The molecule has 4 nitrogen and oxygen atoms in total. The Morgan fingerprint density at radius 2 is 2.04 bits per heavy atom. The second-order valence-electron chi connectivity index (χ2n) is 6.88. The highest BCUT2D eigenvalue weighted by atomic mass is 16.5. The third kappa shape index (κ3) is 4.25. The van der Waals surface area contributed by atoms with Crippen molar-refractivity contribution in [2.45, 2.75) is 44.6 Å². The Labute approximate surface area is 139 Å². The summed E-state index contributed by atoms with van der Waals surface area (Å²) in [5, 5.41) is 3.09. The first kappa shape index (κ1) is 16.3. The molecule has 1 saturated carbocycles. The molecular formula is C19H28N2O2. The van der Waals surface area contributed by atoms with Crippen LogP contribution in [0.25, 0.3) is 0 Å². The van der Waals surface area contributed by atoms with Crippen LogP contribution in [0.2, 0.25) is 0 Å². The maximum absolute atomic E-state index is 12.4. The lowest BCUT2D eigenvalue weighted by Gasteiger charge is -2.31. The van der Waals surface area contributed by atoms with Gasteiger partial charge in [0, 0.05) is 19.1 Å². The Hall–Kier alpha value is -1.55. The number of para-hydroxylation sites is 1. The van der Waals surface area contributed by atoms with E-state index in [1.54, 1.807) is 0 Å². The molecule has 1 atom stereocenters. The predicted molar refractivity (Wildman–Crippen MR) is 91.6 cm³/mol. The average Bonchev–Trinajstić information content (AvgIpc) is 2.61. The predicted octanol–water partition coefficient (Wildman–Crippen LogP) is 2.62. The van der Waals surface area contributed by atoms with Gasteiger partial charge >= 0.3 is 0 Å². The monoisotopic (exact) mass is 316 g/mol. The smallest absolute Gasteiger partial charge is 0.226 e. The van der Waals surface area contributed by atoms with Crippen molar-refractivity contribution in [3.05, 3.63) is 29.8 Å². The van der Waals surface area contributed by atoms with Crippen LogP contribution in [-0.2, 0) is 11.2 Å². The number of nitrogens with zero attached hydrogens (tertiary/aromatic N) is 1. The van der Waals surface area contributed by atoms with E-state index in [9.17, 15) is 4.79 Å². The Bertz CT molecular complexity index is 526. The molecule has 1 aliphatic carbocycles. The molecule has 126 valence electrons. The number of ether oxygens (including phenoxy) is 1. The number of carbonyl (C=O) groups excluding carboxylic acids is 1. The lowest BCUT2D eigenvalue weighted by atomic mass is 9.94. The van der Waals surface area contributed by atoms with E-state index in [0.29, 0.717) is 12.6 Å². The molecule has 0 radical (unpaired) electrons. The van der Waals surface area contributed by atoms with Gasteiger partial charge in [0.05, 0.1) is 5.92 Å². The van der Waals surface area contributed by atoms with Crippen LogP contribution < -0.4 is 10.1 Å². The average molecular weight is 316 g/mol. The van der Waals surface area contributed by atoms with Crippen LogP contribution in [0.3, 0.4) is 0 Å². The van der Waals surface area contributed by atoms with Crippen molar-refractivity contribution in [3.8, 4) is 5.75 Å². The van der Waals surface area contributed by atoms with Gasteiger partial charge in [-0.3, -0.25) is 4.79 Å². The highest BCUT2D eigenvalue weighted by Crippen LogP contribution is 2.26. The number of fused-ring (bicyclic) bond motifs is 1. The second kappa shape index (κ2) is 7.82. The van der Waals surface area contributed by atoms with Gasteiger partial charge in [-0.1, -0.05) is 37.5 Å². The molecule has 1 heterocycles. The molecule has 1 unspecified atom stereocenters. The van der Waals surface area contributed by atoms with Crippen LogP contribution in [0, 0.1) is 5.92 Å². The normalized spacial score (nSPS) is 21.6. The first-order valence-corrected chi connectivity index (χ1v) is 8.92. The second-order valence-corrected chi connectivity index (χ2v) is 6.88. The number of carbonyl (C=O) groups is 1. The lowest BCUT2D eigenvalue weighted by molar-refractivity contribution is -0.126. The number of hydrogen-bond acceptors (Lipinski definition) is 3. The summed E-state index contributed by atoms with van der Waals surface area (Å²) in [4.78, 5) is 14.8. The van der Waals surface area contributed by atoms with Gasteiger partial charge in [0.1, 0.15) is 12.4 Å². The van der Waals surface area contributed by atoms with Gasteiger partial charge in [0.2, 0.25) is 5.91 Å². The van der Waals surface area contributed by atoms with Crippen molar-refractivity contribution >= 4 is 5.91 Å². The molecule has 0 spiro atoms. The zero-order valence-electron chi connectivity index (χ0n) is 14.1. The Morgan fingerprint density at radius 3 is 2.87 bits per heavy atom. The molecule has 1 aliphatic heterocycles. The van der Waals surface area contributed by atoms with Crippen LogP contribution in [-0.4, -0.2) is 43.6 Å². The van der Waals surface area contributed by atoms with Crippen molar-refractivity contribution in [2.75, 3.05) is 26.7 Å². The first-order chi connectivity index (χ1) is 11.2. The molecule has 1 aromatic rings. The topological polar surface area (TPSA) is 41.6 Å². The van der Waals surface area contributed by atoms with Crippen LogP contribution in [0.1, 0.15) is 37.7 Å². The van der Waals surface area contributed by atoms with Gasteiger partial charge in [0.15, 0.2) is 0 Å². The molecular weight excluding hydrogens is 288 g/mol. The van der Waals surface area contributed by atoms with Crippen LogP contribution in [0.5, 0.6) is 5.75 Å². The Balaban J connectivity index is 1.41. The minimum Gasteiger partial charge on any atom is -0.492 e. The van der Waals surface area contributed by atoms with Crippen LogP contribution in [0.15, 0.2) is 24.3 Å². The quantitative estimate of drug-likeness (QED) is 0.908. The minimum absolute atomic E-state index is 0.0649. The van der Waals surface area contributed by atoms with Gasteiger partial charge in [-0.2, -0.15) is 0 Å². The zero-order chi connectivity index (χ0) is 16.1. The lowest BCUT2D eigenvalue weighted by Crippen LogP contribution is -2.42. The molecule has 23 heavy (non-hydrogen) atoms. The van der Waals surface area contributed by atoms with Crippen LogP contribution >= 0.6 is 0 Å². The van der Waals surface area contributed by atoms with Crippen molar-refractivity contribution < 1.29 is 9.53 Å². The third-order valence-electron chi connectivity index (χ3n) is 5.21. The van der Waals surface area contributed by atoms with Crippen molar-refractivity contribution in [3.63, 3.8) is 0 Å². The van der Waals surface area contributed by atoms with E-state index in [1.165, 1.54) is 32.1 Å². The van der Waals surface area contributed by atoms with E-state index >= 15 is 0 Å². The first-order valence-electron chi connectivity index (χ1n) is 8.92. The largest absolute Gasteiger partial charge is 0.492 e. The Morgan fingerprint density at radius 1 is 1.26 bits per heavy atom. The third-order valence-corrected chi connectivity index (χ3v) is 5.21. The molecule has 0 aromatic heterocycles. The molecule has 1 N–H and O–H groups in total.